The van der Waals surface area contributed by atoms with Crippen molar-refractivity contribution in [3.05, 3.63) is 41.2 Å². The van der Waals surface area contributed by atoms with E-state index in [2.05, 4.69) is 19.9 Å². The van der Waals surface area contributed by atoms with Crippen LogP contribution in [0, 0.1) is 11.8 Å². The minimum atomic E-state index is -0.467. The molecule has 5 heteroatoms. The molecule has 1 heterocycles. The summed E-state index contributed by atoms with van der Waals surface area (Å²) in [6.45, 7) is 4.72. The van der Waals surface area contributed by atoms with E-state index in [-0.39, 0.29) is 12.6 Å². The number of benzene rings is 1. The highest BCUT2D eigenvalue weighted by atomic mass is 16.7. The van der Waals surface area contributed by atoms with E-state index in [1.165, 1.54) is 12.7 Å². The van der Waals surface area contributed by atoms with E-state index in [0.717, 1.165) is 24.2 Å². The van der Waals surface area contributed by atoms with Crippen LogP contribution in [0.2, 0.25) is 0 Å². The van der Waals surface area contributed by atoms with E-state index < -0.39 is 5.41 Å². The zero-order valence-electron chi connectivity index (χ0n) is 15.6. The second-order valence-electron chi connectivity index (χ2n) is 7.49. The number of hydrogen-bond acceptors (Lipinski definition) is 5. The number of allylic oxidation sites excluding steroid dienone is 3. The highest BCUT2D eigenvalue weighted by molar-refractivity contribution is 6.04. The van der Waals surface area contributed by atoms with Gasteiger partial charge in [-0.25, -0.2) is 0 Å². The van der Waals surface area contributed by atoms with Gasteiger partial charge in [-0.1, -0.05) is 19.9 Å². The number of ether oxygens (including phenoxy) is 4. The lowest BCUT2D eigenvalue weighted by atomic mass is 9.70. The van der Waals surface area contributed by atoms with E-state index in [9.17, 15) is 4.79 Å². The number of ketones is 1. The summed E-state index contributed by atoms with van der Waals surface area (Å²) in [4.78, 5) is 12.2. The van der Waals surface area contributed by atoms with Crippen molar-refractivity contribution in [2.75, 3.05) is 21.0 Å². The van der Waals surface area contributed by atoms with Gasteiger partial charge in [0.1, 0.15) is 0 Å². The Bertz CT molecular complexity index is 822. The predicted octanol–water partition coefficient (Wildman–Crippen LogP) is 3.55. The zero-order valence-corrected chi connectivity index (χ0v) is 15.6. The summed E-state index contributed by atoms with van der Waals surface area (Å²) in [5.74, 6) is 3.28. The lowest BCUT2D eigenvalue weighted by Gasteiger charge is -2.34. The second-order valence-corrected chi connectivity index (χ2v) is 7.49. The highest BCUT2D eigenvalue weighted by Crippen LogP contribution is 2.54. The fourth-order valence-corrected chi connectivity index (χ4v) is 4.41. The van der Waals surface area contributed by atoms with Gasteiger partial charge >= 0.3 is 0 Å². The Kier molecular flexibility index (Phi) is 3.98. The molecule has 1 spiro atoms. The molecule has 3 atom stereocenters. The molecular weight excluding hydrogens is 332 g/mol. The van der Waals surface area contributed by atoms with Gasteiger partial charge < -0.3 is 18.9 Å². The molecular formula is C21H24O5. The maximum atomic E-state index is 12.2. The summed E-state index contributed by atoms with van der Waals surface area (Å²) in [5.41, 5.74) is 1.76. The van der Waals surface area contributed by atoms with Crippen molar-refractivity contribution in [2.24, 2.45) is 11.8 Å². The SMILES string of the molecule is COC1=CC2(C=CC1=O)CC(C)C(C)Cc1cc3c(c(OC)c12)OCO3. The number of carbonyl (C=O) groups is 1. The Morgan fingerprint density at radius 2 is 1.96 bits per heavy atom. The third kappa shape index (κ3) is 2.41. The summed E-state index contributed by atoms with van der Waals surface area (Å²) < 4.78 is 22.5. The second kappa shape index (κ2) is 6.08. The standard InChI is InChI=1S/C21H24O5/c1-12-7-14-8-16-19(26-11-25-16)20(24-4)18(14)21(9-13(12)2)6-5-15(22)17(10-21)23-3/h5-6,8,10,12-13H,7,9,11H2,1-4H3. The molecule has 138 valence electrons. The quantitative estimate of drug-likeness (QED) is 0.811. The van der Waals surface area contributed by atoms with Crippen LogP contribution in [0.5, 0.6) is 17.2 Å². The Morgan fingerprint density at radius 1 is 1.15 bits per heavy atom. The van der Waals surface area contributed by atoms with Crippen LogP contribution in [0.25, 0.3) is 0 Å². The van der Waals surface area contributed by atoms with Gasteiger partial charge in [-0.3, -0.25) is 4.79 Å². The molecule has 26 heavy (non-hydrogen) atoms. The van der Waals surface area contributed by atoms with E-state index in [1.54, 1.807) is 13.2 Å². The molecule has 0 fully saturated rings. The first-order valence-corrected chi connectivity index (χ1v) is 8.99. The van der Waals surface area contributed by atoms with Crippen LogP contribution in [-0.4, -0.2) is 26.8 Å². The highest BCUT2D eigenvalue weighted by Gasteiger charge is 2.43. The molecule has 0 saturated carbocycles. The fraction of sp³-hybridized carbons (Fsp3) is 0.476. The number of fused-ring (bicyclic) bond motifs is 3. The van der Waals surface area contributed by atoms with Crippen molar-refractivity contribution in [3.8, 4) is 17.2 Å². The lowest BCUT2D eigenvalue weighted by molar-refractivity contribution is -0.114. The molecule has 0 bridgehead atoms. The molecule has 0 amide bonds. The van der Waals surface area contributed by atoms with Crippen molar-refractivity contribution >= 4 is 5.78 Å². The third-order valence-electron chi connectivity index (χ3n) is 5.93. The van der Waals surface area contributed by atoms with Crippen LogP contribution >= 0.6 is 0 Å². The Hall–Kier alpha value is -2.43. The van der Waals surface area contributed by atoms with Crippen molar-refractivity contribution in [1.82, 2.24) is 0 Å². The smallest absolute Gasteiger partial charge is 0.231 e. The van der Waals surface area contributed by atoms with Gasteiger partial charge in [0.15, 0.2) is 17.3 Å². The van der Waals surface area contributed by atoms with Gasteiger partial charge in [0, 0.05) is 11.0 Å². The van der Waals surface area contributed by atoms with Crippen LogP contribution in [0.15, 0.2) is 30.1 Å². The van der Waals surface area contributed by atoms with E-state index in [4.69, 9.17) is 18.9 Å². The maximum Gasteiger partial charge on any atom is 0.231 e. The van der Waals surface area contributed by atoms with Crippen molar-refractivity contribution in [1.29, 1.82) is 0 Å². The number of rotatable bonds is 2. The van der Waals surface area contributed by atoms with Gasteiger partial charge in [0.25, 0.3) is 0 Å². The van der Waals surface area contributed by atoms with E-state index in [1.807, 2.05) is 12.2 Å². The number of methoxy groups -OCH3 is 2. The molecule has 1 aliphatic heterocycles. The topological polar surface area (TPSA) is 54.0 Å². The van der Waals surface area contributed by atoms with Gasteiger partial charge in [-0.2, -0.15) is 0 Å². The molecule has 0 aromatic heterocycles. The molecule has 5 nitrogen and oxygen atoms in total. The fourth-order valence-electron chi connectivity index (χ4n) is 4.41. The van der Waals surface area contributed by atoms with E-state index >= 15 is 0 Å². The van der Waals surface area contributed by atoms with Gasteiger partial charge in [-0.05, 0) is 48.5 Å². The predicted molar refractivity (Wildman–Crippen MR) is 96.7 cm³/mol. The Balaban J connectivity index is 2.02. The summed E-state index contributed by atoms with van der Waals surface area (Å²) in [6, 6.07) is 2.07. The van der Waals surface area contributed by atoms with Crippen LogP contribution in [-0.2, 0) is 21.4 Å². The Morgan fingerprint density at radius 3 is 2.69 bits per heavy atom. The zero-order chi connectivity index (χ0) is 18.5. The van der Waals surface area contributed by atoms with E-state index in [0.29, 0.717) is 29.1 Å². The first kappa shape index (κ1) is 17.0. The average molecular weight is 356 g/mol. The molecule has 3 aliphatic rings. The number of carbonyl (C=O) groups excluding carboxylic acids is 1. The molecule has 2 aliphatic carbocycles. The first-order chi connectivity index (χ1) is 12.5. The summed E-state index contributed by atoms with van der Waals surface area (Å²) in [5, 5.41) is 0. The molecule has 0 N–H and O–H groups in total. The molecule has 3 unspecified atom stereocenters. The van der Waals surface area contributed by atoms with Crippen molar-refractivity contribution < 1.29 is 23.7 Å². The molecule has 1 aromatic carbocycles. The average Bonchev–Trinajstić information content (AvgIpc) is 3.06. The van der Waals surface area contributed by atoms with Crippen LogP contribution in [0.3, 0.4) is 0 Å². The molecule has 1 aromatic rings. The third-order valence-corrected chi connectivity index (χ3v) is 5.93. The molecule has 0 radical (unpaired) electrons. The van der Waals surface area contributed by atoms with Gasteiger partial charge in [0.2, 0.25) is 18.3 Å². The maximum absolute atomic E-state index is 12.2. The van der Waals surface area contributed by atoms with Crippen molar-refractivity contribution in [2.45, 2.75) is 32.1 Å². The monoisotopic (exact) mass is 356 g/mol. The van der Waals surface area contributed by atoms with Gasteiger partial charge in [-0.15, -0.1) is 0 Å². The van der Waals surface area contributed by atoms with Crippen LogP contribution in [0.4, 0.5) is 0 Å². The minimum Gasteiger partial charge on any atom is -0.493 e. The van der Waals surface area contributed by atoms with Crippen LogP contribution < -0.4 is 14.2 Å². The summed E-state index contributed by atoms with van der Waals surface area (Å²) in [7, 11) is 3.19. The normalized spacial score (nSPS) is 29.2. The van der Waals surface area contributed by atoms with Gasteiger partial charge in [0.05, 0.1) is 14.2 Å². The molecule has 0 saturated heterocycles. The van der Waals surface area contributed by atoms with Crippen LogP contribution in [0.1, 0.15) is 31.4 Å². The largest absolute Gasteiger partial charge is 0.493 e. The minimum absolute atomic E-state index is 0.107. The Labute approximate surface area is 153 Å². The lowest BCUT2D eigenvalue weighted by Crippen LogP contribution is -2.29. The molecule has 4 rings (SSSR count). The number of hydrogen-bond donors (Lipinski definition) is 0. The summed E-state index contributed by atoms with van der Waals surface area (Å²) in [6.07, 6.45) is 7.36. The first-order valence-electron chi connectivity index (χ1n) is 8.99. The van der Waals surface area contributed by atoms with Crippen molar-refractivity contribution in [3.63, 3.8) is 0 Å². The summed E-state index contributed by atoms with van der Waals surface area (Å²) >= 11 is 0.